The van der Waals surface area contributed by atoms with Gasteiger partial charge in [-0.2, -0.15) is 0 Å². The van der Waals surface area contributed by atoms with Gasteiger partial charge < -0.3 is 10.2 Å². The summed E-state index contributed by atoms with van der Waals surface area (Å²) in [5.41, 5.74) is 2.72. The van der Waals surface area contributed by atoms with Gasteiger partial charge in [-0.1, -0.05) is 48.5 Å². The quantitative estimate of drug-likeness (QED) is 0.725. The van der Waals surface area contributed by atoms with E-state index < -0.39 is 0 Å². The predicted molar refractivity (Wildman–Crippen MR) is 111 cm³/mol. The topological polar surface area (TPSA) is 58.1 Å². The maximum atomic E-state index is 12.7. The lowest BCUT2D eigenvalue weighted by atomic mass is 9.90. The molecule has 2 aromatic carbocycles. The van der Waals surface area contributed by atoms with Gasteiger partial charge >= 0.3 is 0 Å². The predicted octanol–water partition coefficient (Wildman–Crippen LogP) is 4.32. The number of hydrogen-bond acceptors (Lipinski definition) is 4. The molecule has 0 bridgehead atoms. The number of likely N-dealkylation sites (tertiary alicyclic amines) is 1. The van der Waals surface area contributed by atoms with Crippen LogP contribution in [-0.4, -0.2) is 34.1 Å². The molecule has 0 saturated carbocycles. The Morgan fingerprint density at radius 3 is 2.21 bits per heavy atom. The molecule has 1 fully saturated rings. The van der Waals surface area contributed by atoms with Crippen LogP contribution in [0.3, 0.4) is 0 Å². The lowest BCUT2D eigenvalue weighted by Gasteiger charge is -2.31. The van der Waals surface area contributed by atoms with Crippen LogP contribution in [0.5, 0.6) is 0 Å². The third-order valence-corrected chi connectivity index (χ3v) is 5.20. The Morgan fingerprint density at radius 1 is 0.893 bits per heavy atom. The number of rotatable bonds is 5. The number of benzene rings is 2. The van der Waals surface area contributed by atoms with Crippen molar-refractivity contribution in [1.29, 1.82) is 0 Å². The highest BCUT2D eigenvalue weighted by atomic mass is 16.2. The fraction of sp³-hybridized carbons (Fsp3) is 0.261. The van der Waals surface area contributed by atoms with Crippen LogP contribution in [0.2, 0.25) is 0 Å². The van der Waals surface area contributed by atoms with Crippen molar-refractivity contribution in [1.82, 2.24) is 15.1 Å². The second-order valence-corrected chi connectivity index (χ2v) is 7.22. The summed E-state index contributed by atoms with van der Waals surface area (Å²) in [6.45, 7) is 1.56. The molecule has 1 saturated heterocycles. The van der Waals surface area contributed by atoms with Gasteiger partial charge in [-0.05, 0) is 55.0 Å². The minimum absolute atomic E-state index is 0.0306. The van der Waals surface area contributed by atoms with Crippen molar-refractivity contribution in [3.63, 3.8) is 0 Å². The van der Waals surface area contributed by atoms with E-state index in [2.05, 4.69) is 39.8 Å². The van der Waals surface area contributed by atoms with E-state index >= 15 is 0 Å². The average Bonchev–Trinajstić information content (AvgIpc) is 2.76. The standard InChI is InChI=1S/C23H24N4O/c28-23(21-11-12-22(26-25-21)24-20-9-5-2-6-10-20)27-15-13-19(14-16-27)17-18-7-3-1-4-8-18/h1-12,19H,13-17H2,(H,24,26). The monoisotopic (exact) mass is 372 g/mol. The van der Waals surface area contributed by atoms with Crippen LogP contribution in [0.4, 0.5) is 11.5 Å². The molecular formula is C23H24N4O. The first kappa shape index (κ1) is 18.2. The fourth-order valence-corrected chi connectivity index (χ4v) is 3.63. The number of carbonyl (C=O) groups excluding carboxylic acids is 1. The number of para-hydroxylation sites is 1. The lowest BCUT2D eigenvalue weighted by Crippen LogP contribution is -2.39. The van der Waals surface area contributed by atoms with Crippen molar-refractivity contribution in [2.45, 2.75) is 19.3 Å². The number of nitrogens with one attached hydrogen (secondary N) is 1. The first-order valence-corrected chi connectivity index (χ1v) is 9.77. The maximum Gasteiger partial charge on any atom is 0.274 e. The Hall–Kier alpha value is -3.21. The van der Waals surface area contributed by atoms with Crippen LogP contribution < -0.4 is 5.32 Å². The molecule has 1 aliphatic rings. The lowest BCUT2D eigenvalue weighted by molar-refractivity contribution is 0.0683. The number of amides is 1. The molecule has 142 valence electrons. The third kappa shape index (κ3) is 4.55. The number of aromatic nitrogens is 2. The van der Waals surface area contributed by atoms with E-state index in [9.17, 15) is 4.79 Å². The highest BCUT2D eigenvalue weighted by molar-refractivity contribution is 5.92. The molecule has 2 heterocycles. The Morgan fingerprint density at radius 2 is 1.57 bits per heavy atom. The van der Waals surface area contributed by atoms with Crippen LogP contribution in [0.1, 0.15) is 28.9 Å². The van der Waals surface area contributed by atoms with Gasteiger partial charge in [-0.3, -0.25) is 4.79 Å². The summed E-state index contributed by atoms with van der Waals surface area (Å²) >= 11 is 0. The zero-order valence-electron chi connectivity index (χ0n) is 15.8. The van der Waals surface area contributed by atoms with E-state index in [4.69, 9.17) is 0 Å². The second kappa shape index (κ2) is 8.65. The molecule has 0 aliphatic carbocycles. The maximum absolute atomic E-state index is 12.7. The summed E-state index contributed by atoms with van der Waals surface area (Å²) in [5, 5.41) is 11.5. The Balaban J connectivity index is 1.31. The summed E-state index contributed by atoms with van der Waals surface area (Å²) < 4.78 is 0. The molecule has 3 aromatic rings. The first-order valence-electron chi connectivity index (χ1n) is 9.77. The molecule has 0 spiro atoms. The third-order valence-electron chi connectivity index (χ3n) is 5.20. The Labute approximate surface area is 165 Å². The Bertz CT molecular complexity index is 889. The Kier molecular flexibility index (Phi) is 5.61. The van der Waals surface area contributed by atoms with Crippen LogP contribution in [0, 0.1) is 5.92 Å². The van der Waals surface area contributed by atoms with E-state index in [0.29, 0.717) is 17.4 Å². The largest absolute Gasteiger partial charge is 0.339 e. The molecule has 0 unspecified atom stereocenters. The summed E-state index contributed by atoms with van der Waals surface area (Å²) in [7, 11) is 0. The number of nitrogens with zero attached hydrogens (tertiary/aromatic N) is 3. The first-order chi connectivity index (χ1) is 13.8. The molecule has 28 heavy (non-hydrogen) atoms. The van der Waals surface area contributed by atoms with E-state index in [1.54, 1.807) is 12.1 Å². The molecule has 1 aromatic heterocycles. The zero-order valence-corrected chi connectivity index (χ0v) is 15.8. The summed E-state index contributed by atoms with van der Waals surface area (Å²) in [6.07, 6.45) is 3.14. The smallest absolute Gasteiger partial charge is 0.274 e. The van der Waals surface area contributed by atoms with Crippen LogP contribution >= 0.6 is 0 Å². The van der Waals surface area contributed by atoms with Gasteiger partial charge in [0.05, 0.1) is 0 Å². The van der Waals surface area contributed by atoms with Gasteiger partial charge in [0.15, 0.2) is 11.5 Å². The minimum Gasteiger partial charge on any atom is -0.339 e. The second-order valence-electron chi connectivity index (χ2n) is 7.22. The molecule has 1 amide bonds. The summed E-state index contributed by atoms with van der Waals surface area (Å²) in [5.74, 6) is 1.23. The number of piperidine rings is 1. The number of hydrogen-bond donors (Lipinski definition) is 1. The number of carbonyl (C=O) groups is 1. The molecule has 4 rings (SSSR count). The van der Waals surface area contributed by atoms with Crippen molar-refractivity contribution >= 4 is 17.4 Å². The molecule has 1 aliphatic heterocycles. The van der Waals surface area contributed by atoms with E-state index in [-0.39, 0.29) is 5.91 Å². The molecular weight excluding hydrogens is 348 g/mol. The molecule has 0 radical (unpaired) electrons. The van der Waals surface area contributed by atoms with E-state index in [0.717, 1.165) is 38.0 Å². The zero-order chi connectivity index (χ0) is 19.2. The summed E-state index contributed by atoms with van der Waals surface area (Å²) in [6, 6.07) is 23.9. The molecule has 0 atom stereocenters. The highest BCUT2D eigenvalue weighted by Crippen LogP contribution is 2.23. The normalized spacial score (nSPS) is 14.6. The van der Waals surface area contributed by atoms with Gasteiger partial charge in [-0.25, -0.2) is 0 Å². The van der Waals surface area contributed by atoms with Crippen molar-refractivity contribution in [2.24, 2.45) is 5.92 Å². The van der Waals surface area contributed by atoms with Gasteiger partial charge in [0.25, 0.3) is 5.91 Å². The fourth-order valence-electron chi connectivity index (χ4n) is 3.63. The average molecular weight is 372 g/mol. The van der Waals surface area contributed by atoms with Gasteiger partial charge in [0.1, 0.15) is 0 Å². The van der Waals surface area contributed by atoms with Crippen molar-refractivity contribution < 1.29 is 4.79 Å². The molecule has 5 nitrogen and oxygen atoms in total. The minimum atomic E-state index is -0.0306. The van der Waals surface area contributed by atoms with E-state index in [1.165, 1.54) is 5.56 Å². The van der Waals surface area contributed by atoms with Crippen molar-refractivity contribution in [3.8, 4) is 0 Å². The van der Waals surface area contributed by atoms with Crippen molar-refractivity contribution in [3.05, 3.63) is 84.1 Å². The number of anilines is 2. The van der Waals surface area contributed by atoms with Crippen LogP contribution in [0.25, 0.3) is 0 Å². The highest BCUT2D eigenvalue weighted by Gasteiger charge is 2.24. The van der Waals surface area contributed by atoms with E-state index in [1.807, 2.05) is 41.3 Å². The van der Waals surface area contributed by atoms with Crippen LogP contribution in [0.15, 0.2) is 72.8 Å². The van der Waals surface area contributed by atoms with Gasteiger partial charge in [0.2, 0.25) is 0 Å². The van der Waals surface area contributed by atoms with Crippen molar-refractivity contribution in [2.75, 3.05) is 18.4 Å². The SMILES string of the molecule is O=C(c1ccc(Nc2ccccc2)nn1)N1CCC(Cc2ccccc2)CC1. The summed E-state index contributed by atoms with van der Waals surface area (Å²) in [4.78, 5) is 14.6. The van der Waals surface area contributed by atoms with Gasteiger partial charge in [0, 0.05) is 18.8 Å². The molecule has 1 N–H and O–H groups in total. The van der Waals surface area contributed by atoms with Gasteiger partial charge in [-0.15, -0.1) is 10.2 Å². The van der Waals surface area contributed by atoms with Crippen LogP contribution in [-0.2, 0) is 6.42 Å². The molecule has 5 heteroatoms.